The lowest BCUT2D eigenvalue weighted by molar-refractivity contribution is 0.0706. The molecule has 132 valence electrons. The Morgan fingerprint density at radius 1 is 1.28 bits per heavy atom. The Balaban J connectivity index is 1.49. The van der Waals surface area contributed by atoms with E-state index >= 15 is 0 Å². The van der Waals surface area contributed by atoms with Crippen molar-refractivity contribution in [3.05, 3.63) is 41.4 Å². The average Bonchev–Trinajstić information content (AvgIpc) is 3.12. The number of hydrogen-bond donors (Lipinski definition) is 0. The maximum atomic E-state index is 13.0. The lowest BCUT2D eigenvalue weighted by Crippen LogP contribution is -2.49. The minimum Gasteiger partial charge on any atom is -0.360 e. The van der Waals surface area contributed by atoms with Gasteiger partial charge in [0.1, 0.15) is 11.6 Å². The van der Waals surface area contributed by atoms with Crippen molar-refractivity contribution >= 4 is 11.7 Å². The van der Waals surface area contributed by atoms with Crippen LogP contribution in [0.1, 0.15) is 47.5 Å². The Morgan fingerprint density at radius 3 is 3.00 bits per heavy atom. The first-order valence-corrected chi connectivity index (χ1v) is 9.14. The molecule has 1 aliphatic carbocycles. The molecule has 1 fully saturated rings. The Bertz CT molecular complexity index is 743. The second-order valence-corrected chi connectivity index (χ2v) is 6.99. The molecule has 6 heteroatoms. The van der Waals surface area contributed by atoms with E-state index in [4.69, 9.17) is 4.52 Å². The quantitative estimate of drug-likeness (QED) is 0.860. The van der Waals surface area contributed by atoms with Crippen molar-refractivity contribution in [1.82, 2.24) is 15.0 Å². The predicted octanol–water partition coefficient (Wildman–Crippen LogP) is 2.69. The zero-order valence-electron chi connectivity index (χ0n) is 14.6. The van der Waals surface area contributed by atoms with Gasteiger partial charge in [0, 0.05) is 44.4 Å². The van der Waals surface area contributed by atoms with Crippen LogP contribution in [0.15, 0.2) is 28.9 Å². The van der Waals surface area contributed by atoms with Gasteiger partial charge in [-0.3, -0.25) is 4.79 Å². The van der Waals surface area contributed by atoms with E-state index in [0.29, 0.717) is 5.69 Å². The number of pyridine rings is 1. The minimum atomic E-state index is -0.0141. The number of fused-ring (bicyclic) bond motifs is 1. The number of aryl methyl sites for hydroxylation is 1. The Hall–Kier alpha value is -2.37. The Morgan fingerprint density at radius 2 is 2.16 bits per heavy atom. The first-order valence-electron chi connectivity index (χ1n) is 9.14. The highest BCUT2D eigenvalue weighted by Gasteiger charge is 2.31. The molecule has 0 bridgehead atoms. The molecule has 2 aromatic rings. The number of likely N-dealkylation sites (N-methyl/N-ethyl adjacent to an activating group) is 1. The maximum absolute atomic E-state index is 13.0. The van der Waals surface area contributed by atoms with Crippen molar-refractivity contribution in [2.24, 2.45) is 0 Å². The standard InChI is InChI=1S/C19H24N4O2/c1-22(19(24)18-15-8-2-3-9-16(15)25-21-18)14-7-6-12-23(13-14)17-10-4-5-11-20-17/h4-5,10-11,14H,2-3,6-9,12-13H2,1H3/t14-/m1/s1. The summed E-state index contributed by atoms with van der Waals surface area (Å²) in [5.74, 6) is 1.87. The molecule has 25 heavy (non-hydrogen) atoms. The molecular formula is C19H24N4O2. The lowest BCUT2D eigenvalue weighted by Gasteiger charge is -2.38. The van der Waals surface area contributed by atoms with Crippen LogP contribution in [0.25, 0.3) is 0 Å². The molecule has 1 aliphatic heterocycles. The SMILES string of the molecule is CN(C(=O)c1noc2c1CCCC2)[C@@H]1CCCN(c2ccccn2)C1. The molecule has 4 rings (SSSR count). The smallest absolute Gasteiger partial charge is 0.276 e. The van der Waals surface area contributed by atoms with Gasteiger partial charge in [-0.25, -0.2) is 4.98 Å². The zero-order valence-corrected chi connectivity index (χ0v) is 14.6. The van der Waals surface area contributed by atoms with Gasteiger partial charge in [-0.1, -0.05) is 11.2 Å². The summed E-state index contributed by atoms with van der Waals surface area (Å²) in [4.78, 5) is 21.5. The molecule has 2 aliphatic rings. The topological polar surface area (TPSA) is 62.5 Å². The van der Waals surface area contributed by atoms with Crippen LogP contribution in [-0.2, 0) is 12.8 Å². The molecule has 0 saturated carbocycles. The molecule has 1 atom stereocenters. The highest BCUT2D eigenvalue weighted by molar-refractivity contribution is 5.94. The van der Waals surface area contributed by atoms with Crippen LogP contribution >= 0.6 is 0 Å². The van der Waals surface area contributed by atoms with Crippen molar-refractivity contribution in [3.8, 4) is 0 Å². The Labute approximate surface area is 147 Å². The third-order valence-electron chi connectivity index (χ3n) is 5.39. The summed E-state index contributed by atoms with van der Waals surface area (Å²) < 4.78 is 5.42. The van der Waals surface area contributed by atoms with Crippen LogP contribution in [0, 0.1) is 0 Å². The molecule has 0 aromatic carbocycles. The molecule has 0 radical (unpaired) electrons. The van der Waals surface area contributed by atoms with Crippen LogP contribution in [0.2, 0.25) is 0 Å². The van der Waals surface area contributed by atoms with Gasteiger partial charge in [0.05, 0.1) is 0 Å². The van der Waals surface area contributed by atoms with Gasteiger partial charge < -0.3 is 14.3 Å². The third kappa shape index (κ3) is 3.13. The van der Waals surface area contributed by atoms with E-state index < -0.39 is 0 Å². The number of piperidine rings is 1. The first kappa shape index (κ1) is 16.1. The molecule has 1 amide bonds. The molecule has 6 nitrogen and oxygen atoms in total. The normalized spacial score (nSPS) is 20.2. The van der Waals surface area contributed by atoms with E-state index in [9.17, 15) is 4.79 Å². The molecule has 0 N–H and O–H groups in total. The van der Waals surface area contributed by atoms with Gasteiger partial charge in [0.15, 0.2) is 5.69 Å². The van der Waals surface area contributed by atoms with Crippen LogP contribution in [0.3, 0.4) is 0 Å². The lowest BCUT2D eigenvalue weighted by atomic mass is 9.95. The molecule has 0 spiro atoms. The molecular weight excluding hydrogens is 316 g/mol. The molecule has 0 unspecified atom stereocenters. The summed E-state index contributed by atoms with van der Waals surface area (Å²) in [5, 5.41) is 4.10. The summed E-state index contributed by atoms with van der Waals surface area (Å²) in [6, 6.07) is 6.12. The van der Waals surface area contributed by atoms with Crippen LogP contribution in [0.5, 0.6) is 0 Å². The predicted molar refractivity (Wildman–Crippen MR) is 94.7 cm³/mol. The van der Waals surface area contributed by atoms with Crippen molar-refractivity contribution in [2.45, 2.75) is 44.6 Å². The second kappa shape index (κ2) is 6.86. The van der Waals surface area contributed by atoms with E-state index in [1.54, 1.807) is 0 Å². The van der Waals surface area contributed by atoms with Gasteiger partial charge >= 0.3 is 0 Å². The Kier molecular flexibility index (Phi) is 4.42. The monoisotopic (exact) mass is 340 g/mol. The summed E-state index contributed by atoms with van der Waals surface area (Å²) in [6.45, 7) is 1.79. The van der Waals surface area contributed by atoms with Crippen molar-refractivity contribution in [1.29, 1.82) is 0 Å². The van der Waals surface area contributed by atoms with Gasteiger partial charge in [-0.05, 0) is 44.2 Å². The van der Waals surface area contributed by atoms with Crippen LogP contribution in [0.4, 0.5) is 5.82 Å². The van der Waals surface area contributed by atoms with Crippen LogP contribution in [-0.4, -0.2) is 47.1 Å². The highest BCUT2D eigenvalue weighted by atomic mass is 16.5. The average molecular weight is 340 g/mol. The van der Waals surface area contributed by atoms with Gasteiger partial charge in [0.25, 0.3) is 5.91 Å². The van der Waals surface area contributed by atoms with E-state index in [-0.39, 0.29) is 11.9 Å². The number of hydrogen-bond acceptors (Lipinski definition) is 5. The zero-order chi connectivity index (χ0) is 17.2. The first-order chi connectivity index (χ1) is 12.2. The molecule has 2 aromatic heterocycles. The van der Waals surface area contributed by atoms with Crippen molar-refractivity contribution < 1.29 is 9.32 Å². The minimum absolute atomic E-state index is 0.0141. The fourth-order valence-corrected chi connectivity index (χ4v) is 3.91. The van der Waals surface area contributed by atoms with E-state index in [2.05, 4.69) is 15.0 Å². The summed E-state index contributed by atoms with van der Waals surface area (Å²) in [6.07, 6.45) is 7.90. The molecule has 1 saturated heterocycles. The number of anilines is 1. The second-order valence-electron chi connectivity index (χ2n) is 6.99. The third-order valence-corrected chi connectivity index (χ3v) is 5.39. The van der Waals surface area contributed by atoms with E-state index in [1.165, 1.54) is 0 Å². The summed E-state index contributed by atoms with van der Waals surface area (Å²) in [5.41, 5.74) is 1.55. The summed E-state index contributed by atoms with van der Waals surface area (Å²) in [7, 11) is 1.89. The fourth-order valence-electron chi connectivity index (χ4n) is 3.91. The number of nitrogens with zero attached hydrogens (tertiary/aromatic N) is 4. The van der Waals surface area contributed by atoms with Crippen molar-refractivity contribution in [3.63, 3.8) is 0 Å². The number of amides is 1. The highest BCUT2D eigenvalue weighted by Crippen LogP contribution is 2.26. The summed E-state index contributed by atoms with van der Waals surface area (Å²) >= 11 is 0. The largest absolute Gasteiger partial charge is 0.360 e. The van der Waals surface area contributed by atoms with Crippen LogP contribution < -0.4 is 4.90 Å². The molecule has 3 heterocycles. The van der Waals surface area contributed by atoms with Crippen molar-refractivity contribution in [2.75, 3.05) is 25.0 Å². The number of carbonyl (C=O) groups excluding carboxylic acids is 1. The van der Waals surface area contributed by atoms with E-state index in [1.807, 2.05) is 36.3 Å². The van der Waals surface area contributed by atoms with Gasteiger partial charge in [-0.15, -0.1) is 0 Å². The number of rotatable bonds is 3. The van der Waals surface area contributed by atoms with E-state index in [0.717, 1.165) is 68.8 Å². The van der Waals surface area contributed by atoms with Gasteiger partial charge in [-0.2, -0.15) is 0 Å². The maximum Gasteiger partial charge on any atom is 0.276 e. The fraction of sp³-hybridized carbons (Fsp3) is 0.526. The number of aromatic nitrogens is 2. The van der Waals surface area contributed by atoms with Gasteiger partial charge in [0.2, 0.25) is 0 Å². The number of carbonyl (C=O) groups is 1.